The average molecular weight is 309 g/mol. The molecule has 0 fully saturated rings. The van der Waals surface area contributed by atoms with E-state index >= 15 is 0 Å². The molecule has 1 amide bonds. The van der Waals surface area contributed by atoms with Gasteiger partial charge in [0, 0.05) is 24.1 Å². The van der Waals surface area contributed by atoms with Crippen molar-refractivity contribution in [2.75, 3.05) is 12.1 Å². The number of benzene rings is 1. The summed E-state index contributed by atoms with van der Waals surface area (Å²) in [4.78, 5) is 16.1. The lowest BCUT2D eigenvalue weighted by Gasteiger charge is -2.06. The molecule has 3 aromatic rings. The van der Waals surface area contributed by atoms with Gasteiger partial charge in [-0.05, 0) is 24.3 Å². The van der Waals surface area contributed by atoms with Crippen LogP contribution in [0.25, 0.3) is 5.82 Å². The Kier molecular flexibility index (Phi) is 3.12. The molecule has 2 aromatic heterocycles. The molecule has 0 unspecified atom stereocenters. The van der Waals surface area contributed by atoms with Gasteiger partial charge in [-0.1, -0.05) is 0 Å². The van der Waals surface area contributed by atoms with Crippen molar-refractivity contribution >= 4 is 11.6 Å². The summed E-state index contributed by atoms with van der Waals surface area (Å²) in [6.45, 7) is 0.188. The minimum Gasteiger partial charge on any atom is -0.454 e. The average Bonchev–Trinajstić information content (AvgIpc) is 3.26. The monoisotopic (exact) mass is 309 g/mol. The first-order valence-corrected chi connectivity index (χ1v) is 6.83. The van der Waals surface area contributed by atoms with Gasteiger partial charge in [0.15, 0.2) is 23.0 Å². The van der Waals surface area contributed by atoms with E-state index in [9.17, 15) is 4.79 Å². The maximum atomic E-state index is 12.2. The fraction of sp³-hybridized carbons (Fsp3) is 0.0667. The number of anilines is 1. The van der Waals surface area contributed by atoms with E-state index < -0.39 is 0 Å². The maximum absolute atomic E-state index is 12.2. The number of nitrogens with zero attached hydrogens (tertiary/aromatic N) is 4. The molecule has 1 aromatic carbocycles. The molecular formula is C15H11N5O3. The Morgan fingerprint density at radius 3 is 2.83 bits per heavy atom. The van der Waals surface area contributed by atoms with Crippen LogP contribution in [0, 0.1) is 0 Å². The summed E-state index contributed by atoms with van der Waals surface area (Å²) in [5.74, 6) is 1.49. The highest BCUT2D eigenvalue weighted by molar-refractivity contribution is 6.02. The van der Waals surface area contributed by atoms with E-state index in [0.717, 1.165) is 0 Å². The van der Waals surface area contributed by atoms with E-state index in [2.05, 4.69) is 20.5 Å². The number of carbonyl (C=O) groups is 1. The quantitative estimate of drug-likeness (QED) is 0.791. The predicted molar refractivity (Wildman–Crippen MR) is 79.7 cm³/mol. The SMILES string of the molecule is O=C(Nc1ccc2c(c1)OCO2)c1ccc(-n2ccnc2)nn1. The summed E-state index contributed by atoms with van der Waals surface area (Å²) in [7, 11) is 0. The molecule has 0 atom stereocenters. The van der Waals surface area contributed by atoms with Gasteiger partial charge in [-0.25, -0.2) is 4.98 Å². The number of imidazole rings is 1. The molecule has 4 rings (SSSR count). The summed E-state index contributed by atoms with van der Waals surface area (Å²) in [5, 5.41) is 10.7. The third-order valence-corrected chi connectivity index (χ3v) is 3.28. The van der Waals surface area contributed by atoms with Gasteiger partial charge in [0.2, 0.25) is 6.79 Å². The number of ether oxygens (including phenoxy) is 2. The van der Waals surface area contributed by atoms with Crippen LogP contribution in [0.5, 0.6) is 11.5 Å². The molecule has 0 spiro atoms. The molecule has 23 heavy (non-hydrogen) atoms. The molecule has 1 aliphatic heterocycles. The number of nitrogens with one attached hydrogen (secondary N) is 1. The highest BCUT2D eigenvalue weighted by Gasteiger charge is 2.15. The van der Waals surface area contributed by atoms with Gasteiger partial charge in [-0.3, -0.25) is 9.36 Å². The Balaban J connectivity index is 1.51. The van der Waals surface area contributed by atoms with Gasteiger partial charge < -0.3 is 14.8 Å². The Morgan fingerprint density at radius 1 is 1.13 bits per heavy atom. The van der Waals surface area contributed by atoms with Gasteiger partial charge in [0.05, 0.1) is 0 Å². The highest BCUT2D eigenvalue weighted by Crippen LogP contribution is 2.34. The fourth-order valence-electron chi connectivity index (χ4n) is 2.15. The van der Waals surface area contributed by atoms with Crippen molar-refractivity contribution in [3.63, 3.8) is 0 Å². The largest absolute Gasteiger partial charge is 0.454 e. The molecule has 1 N–H and O–H groups in total. The Morgan fingerprint density at radius 2 is 2.04 bits per heavy atom. The lowest BCUT2D eigenvalue weighted by molar-refractivity contribution is 0.102. The van der Waals surface area contributed by atoms with Crippen LogP contribution < -0.4 is 14.8 Å². The zero-order chi connectivity index (χ0) is 15.6. The van der Waals surface area contributed by atoms with Crippen LogP contribution in [0.2, 0.25) is 0 Å². The van der Waals surface area contributed by atoms with E-state index in [1.807, 2.05) is 0 Å². The van der Waals surface area contributed by atoms with E-state index in [-0.39, 0.29) is 18.4 Å². The Bertz CT molecular complexity index is 846. The number of fused-ring (bicyclic) bond motifs is 1. The molecular weight excluding hydrogens is 298 g/mol. The smallest absolute Gasteiger partial charge is 0.276 e. The van der Waals surface area contributed by atoms with Crippen molar-refractivity contribution in [2.24, 2.45) is 0 Å². The second-order valence-corrected chi connectivity index (χ2v) is 4.77. The molecule has 1 aliphatic rings. The first kappa shape index (κ1) is 13.3. The van der Waals surface area contributed by atoms with Gasteiger partial charge in [-0.15, -0.1) is 10.2 Å². The van der Waals surface area contributed by atoms with E-state index in [1.54, 1.807) is 53.6 Å². The van der Waals surface area contributed by atoms with Crippen LogP contribution in [0.15, 0.2) is 49.1 Å². The second-order valence-electron chi connectivity index (χ2n) is 4.77. The third kappa shape index (κ3) is 2.57. The number of amides is 1. The van der Waals surface area contributed by atoms with Gasteiger partial charge in [0.25, 0.3) is 5.91 Å². The molecule has 8 nitrogen and oxygen atoms in total. The van der Waals surface area contributed by atoms with Crippen LogP contribution in [0.3, 0.4) is 0 Å². The van der Waals surface area contributed by atoms with Crippen molar-refractivity contribution in [1.82, 2.24) is 19.7 Å². The molecule has 114 valence electrons. The van der Waals surface area contributed by atoms with Crippen molar-refractivity contribution in [3.05, 3.63) is 54.7 Å². The topological polar surface area (TPSA) is 91.2 Å². The molecule has 0 saturated heterocycles. The number of carbonyl (C=O) groups excluding carboxylic acids is 1. The Hall–Kier alpha value is -3.42. The second kappa shape index (κ2) is 5.41. The van der Waals surface area contributed by atoms with E-state index in [4.69, 9.17) is 9.47 Å². The van der Waals surface area contributed by atoms with Crippen molar-refractivity contribution in [1.29, 1.82) is 0 Å². The number of aromatic nitrogens is 4. The summed E-state index contributed by atoms with van der Waals surface area (Å²) in [6.07, 6.45) is 4.99. The van der Waals surface area contributed by atoms with E-state index in [0.29, 0.717) is 23.0 Å². The van der Waals surface area contributed by atoms with Crippen LogP contribution in [-0.4, -0.2) is 32.4 Å². The predicted octanol–water partition coefficient (Wildman–Crippen LogP) is 1.64. The number of rotatable bonds is 3. The lowest BCUT2D eigenvalue weighted by atomic mass is 10.2. The summed E-state index contributed by atoms with van der Waals surface area (Å²) in [6, 6.07) is 8.48. The first-order valence-electron chi connectivity index (χ1n) is 6.83. The normalized spacial score (nSPS) is 12.2. The summed E-state index contributed by atoms with van der Waals surface area (Å²) >= 11 is 0. The molecule has 8 heteroatoms. The number of hydrogen-bond donors (Lipinski definition) is 1. The zero-order valence-corrected chi connectivity index (χ0v) is 11.8. The summed E-state index contributed by atoms with van der Waals surface area (Å²) < 4.78 is 12.2. The van der Waals surface area contributed by atoms with E-state index in [1.165, 1.54) is 0 Å². The highest BCUT2D eigenvalue weighted by atomic mass is 16.7. The van der Waals surface area contributed by atoms with Crippen molar-refractivity contribution in [2.45, 2.75) is 0 Å². The molecule has 0 radical (unpaired) electrons. The van der Waals surface area contributed by atoms with Crippen LogP contribution in [0.4, 0.5) is 5.69 Å². The van der Waals surface area contributed by atoms with Gasteiger partial charge >= 0.3 is 0 Å². The van der Waals surface area contributed by atoms with Crippen LogP contribution in [0.1, 0.15) is 10.5 Å². The van der Waals surface area contributed by atoms with Crippen LogP contribution >= 0.6 is 0 Å². The fourth-order valence-corrected chi connectivity index (χ4v) is 2.15. The zero-order valence-electron chi connectivity index (χ0n) is 11.8. The molecule has 0 saturated carbocycles. The van der Waals surface area contributed by atoms with Crippen LogP contribution in [-0.2, 0) is 0 Å². The first-order chi connectivity index (χ1) is 11.3. The lowest BCUT2D eigenvalue weighted by Crippen LogP contribution is -2.14. The summed E-state index contributed by atoms with van der Waals surface area (Å²) in [5.41, 5.74) is 0.811. The molecule has 0 aliphatic carbocycles. The molecule has 3 heterocycles. The molecule has 0 bridgehead atoms. The third-order valence-electron chi connectivity index (χ3n) is 3.28. The minimum absolute atomic E-state index is 0.188. The van der Waals surface area contributed by atoms with Gasteiger partial charge in [0.1, 0.15) is 6.33 Å². The number of hydrogen-bond acceptors (Lipinski definition) is 6. The van der Waals surface area contributed by atoms with Crippen molar-refractivity contribution in [3.8, 4) is 17.3 Å². The Labute approximate surface area is 130 Å². The standard InChI is InChI=1S/C15H11N5O3/c21-15(17-10-1-3-12-13(7-10)23-9-22-12)11-2-4-14(19-18-11)20-6-5-16-8-20/h1-8H,9H2,(H,17,21). The minimum atomic E-state index is -0.353. The maximum Gasteiger partial charge on any atom is 0.276 e. The van der Waals surface area contributed by atoms with Gasteiger partial charge in [-0.2, -0.15) is 0 Å². The van der Waals surface area contributed by atoms with Crippen molar-refractivity contribution < 1.29 is 14.3 Å².